The van der Waals surface area contributed by atoms with Crippen LogP contribution in [0.2, 0.25) is 0 Å². The van der Waals surface area contributed by atoms with Crippen LogP contribution in [0.1, 0.15) is 0 Å². The smallest absolute Gasteiger partial charge is 0.353 e. The Morgan fingerprint density at radius 3 is 2.26 bits per heavy atom. The fourth-order valence-corrected chi connectivity index (χ4v) is 2.27. The van der Waals surface area contributed by atoms with Crippen LogP contribution in [0.25, 0.3) is 0 Å². The number of rotatable bonds is 5. The lowest BCUT2D eigenvalue weighted by Crippen LogP contribution is -2.19. The Morgan fingerprint density at radius 1 is 1.00 bits per heavy atom. The maximum atomic E-state index is 12.0. The van der Waals surface area contributed by atoms with Crippen molar-refractivity contribution < 1.29 is 14.5 Å². The van der Waals surface area contributed by atoms with Gasteiger partial charge in [0.1, 0.15) is 5.75 Å². The summed E-state index contributed by atoms with van der Waals surface area (Å²) in [6, 6.07) is 16.3. The average molecular weight is 365 g/mol. The second-order valence-electron chi connectivity index (χ2n) is 5.37. The van der Waals surface area contributed by atoms with Gasteiger partial charge in [0.2, 0.25) is 11.6 Å². The molecule has 1 heterocycles. The van der Waals surface area contributed by atoms with Gasteiger partial charge in [-0.05, 0) is 36.4 Å². The number of hydrogen-bond acceptors (Lipinski definition) is 6. The van der Waals surface area contributed by atoms with Gasteiger partial charge in [-0.1, -0.05) is 18.2 Å². The Balaban J connectivity index is 1.67. The van der Waals surface area contributed by atoms with Crippen molar-refractivity contribution >= 4 is 28.9 Å². The van der Waals surface area contributed by atoms with E-state index in [0.717, 1.165) is 0 Å². The summed E-state index contributed by atoms with van der Waals surface area (Å²) in [6.07, 6.45) is 1.32. The molecular weight excluding hydrogens is 350 g/mol. The van der Waals surface area contributed by atoms with E-state index in [0.29, 0.717) is 17.1 Å². The number of pyridine rings is 1. The van der Waals surface area contributed by atoms with Crippen molar-refractivity contribution in [3.05, 3.63) is 77.0 Å². The van der Waals surface area contributed by atoms with E-state index in [4.69, 9.17) is 10.5 Å². The van der Waals surface area contributed by atoms with Gasteiger partial charge in [-0.15, -0.1) is 0 Å². The second-order valence-corrected chi connectivity index (χ2v) is 5.37. The molecule has 0 unspecified atom stereocenters. The minimum absolute atomic E-state index is 0.0185. The number of nitrogens with one attached hydrogen (secondary N) is 2. The van der Waals surface area contributed by atoms with Gasteiger partial charge in [0.25, 0.3) is 0 Å². The maximum Gasteiger partial charge on any atom is 0.353 e. The van der Waals surface area contributed by atoms with E-state index in [1.165, 1.54) is 12.3 Å². The molecule has 9 heteroatoms. The van der Waals surface area contributed by atoms with Gasteiger partial charge in [0.05, 0.1) is 4.92 Å². The van der Waals surface area contributed by atoms with Crippen LogP contribution in [0.4, 0.5) is 27.7 Å². The Hall–Kier alpha value is -4.14. The van der Waals surface area contributed by atoms with Crippen LogP contribution < -0.4 is 21.1 Å². The zero-order chi connectivity index (χ0) is 19.2. The molecule has 0 aliphatic heterocycles. The summed E-state index contributed by atoms with van der Waals surface area (Å²) in [5.41, 5.74) is 6.32. The predicted octanol–water partition coefficient (Wildman–Crippen LogP) is 4.01. The first-order valence-electron chi connectivity index (χ1n) is 7.83. The summed E-state index contributed by atoms with van der Waals surface area (Å²) in [4.78, 5) is 26.1. The molecule has 0 radical (unpaired) electrons. The van der Waals surface area contributed by atoms with Gasteiger partial charge >= 0.3 is 11.7 Å². The Morgan fingerprint density at radius 2 is 1.63 bits per heavy atom. The molecule has 0 saturated heterocycles. The van der Waals surface area contributed by atoms with E-state index in [1.54, 1.807) is 36.4 Å². The monoisotopic (exact) mass is 365 g/mol. The highest BCUT2D eigenvalue weighted by atomic mass is 16.6. The number of nitro groups is 1. The third-order valence-corrected chi connectivity index (χ3v) is 3.47. The van der Waals surface area contributed by atoms with E-state index < -0.39 is 16.6 Å². The molecule has 2 aromatic carbocycles. The Labute approximate surface area is 153 Å². The third-order valence-electron chi connectivity index (χ3n) is 3.47. The lowest BCUT2D eigenvalue weighted by molar-refractivity contribution is -0.384. The van der Waals surface area contributed by atoms with Crippen LogP contribution in [0.3, 0.4) is 0 Å². The van der Waals surface area contributed by atoms with Gasteiger partial charge in [-0.25, -0.2) is 9.78 Å². The summed E-state index contributed by atoms with van der Waals surface area (Å²) in [7, 11) is 0. The number of anilines is 3. The van der Waals surface area contributed by atoms with Crippen molar-refractivity contribution in [2.75, 3.05) is 16.4 Å². The first kappa shape index (κ1) is 17.7. The molecule has 3 rings (SSSR count). The van der Waals surface area contributed by atoms with Gasteiger partial charge in [0.15, 0.2) is 0 Å². The summed E-state index contributed by atoms with van der Waals surface area (Å²) in [6.45, 7) is 0. The number of nitrogen functional groups attached to an aromatic ring is 1. The minimum Gasteiger partial charge on any atom is -0.450 e. The number of para-hydroxylation sites is 1. The van der Waals surface area contributed by atoms with E-state index in [9.17, 15) is 14.9 Å². The molecule has 0 bridgehead atoms. The van der Waals surface area contributed by atoms with E-state index in [2.05, 4.69) is 15.6 Å². The number of aromatic nitrogens is 1. The number of hydrogen-bond donors (Lipinski definition) is 3. The number of nitrogens with zero attached hydrogens (tertiary/aromatic N) is 2. The van der Waals surface area contributed by atoms with Crippen molar-refractivity contribution in [3.8, 4) is 11.5 Å². The number of ether oxygens (including phenoxy) is 1. The molecule has 0 fully saturated rings. The quantitative estimate of drug-likeness (QED) is 0.462. The molecule has 0 aliphatic rings. The molecule has 3 aromatic rings. The largest absolute Gasteiger partial charge is 0.450 e. The second kappa shape index (κ2) is 7.83. The number of amides is 2. The summed E-state index contributed by atoms with van der Waals surface area (Å²) < 4.78 is 5.52. The number of benzene rings is 2. The SMILES string of the molecule is Nc1nccc(Oc2ccc(NC(=O)Nc3ccccc3)cc2)c1[N+](=O)[O-]. The third kappa shape index (κ3) is 4.48. The molecule has 136 valence electrons. The minimum atomic E-state index is -0.651. The topological polar surface area (TPSA) is 132 Å². The van der Waals surface area contributed by atoms with Crippen molar-refractivity contribution in [3.63, 3.8) is 0 Å². The van der Waals surface area contributed by atoms with E-state index >= 15 is 0 Å². The molecule has 4 N–H and O–H groups in total. The lowest BCUT2D eigenvalue weighted by Gasteiger charge is -2.09. The van der Waals surface area contributed by atoms with Gasteiger partial charge in [0, 0.05) is 23.6 Å². The zero-order valence-electron chi connectivity index (χ0n) is 14.0. The summed E-state index contributed by atoms with van der Waals surface area (Å²) in [5.74, 6) is 0.0983. The van der Waals surface area contributed by atoms with Crippen LogP contribution in [0.15, 0.2) is 66.9 Å². The van der Waals surface area contributed by atoms with Crippen molar-refractivity contribution in [2.45, 2.75) is 0 Å². The number of urea groups is 1. The fourth-order valence-electron chi connectivity index (χ4n) is 2.27. The molecule has 0 atom stereocenters. The average Bonchev–Trinajstić information content (AvgIpc) is 2.64. The number of nitrogens with two attached hydrogens (primary N) is 1. The normalized spacial score (nSPS) is 10.1. The van der Waals surface area contributed by atoms with Crippen LogP contribution in [0, 0.1) is 10.1 Å². The Bertz CT molecular complexity index is 961. The first-order valence-corrected chi connectivity index (χ1v) is 7.83. The zero-order valence-corrected chi connectivity index (χ0v) is 14.0. The van der Waals surface area contributed by atoms with E-state index in [1.807, 2.05) is 18.2 Å². The predicted molar refractivity (Wildman–Crippen MR) is 101 cm³/mol. The van der Waals surface area contributed by atoms with Gasteiger partial charge in [-0.2, -0.15) is 0 Å². The first-order chi connectivity index (χ1) is 13.0. The number of carbonyl (C=O) groups excluding carboxylic acids is 1. The van der Waals surface area contributed by atoms with Gasteiger partial charge < -0.3 is 21.1 Å². The molecular formula is C18H15N5O4. The van der Waals surface area contributed by atoms with Gasteiger partial charge in [-0.3, -0.25) is 10.1 Å². The molecule has 0 aliphatic carbocycles. The van der Waals surface area contributed by atoms with Crippen LogP contribution in [0.5, 0.6) is 11.5 Å². The Kier molecular flexibility index (Phi) is 5.12. The maximum absolute atomic E-state index is 12.0. The molecule has 2 amide bonds. The standard InChI is InChI=1S/C18H15N5O4/c19-17-16(23(25)26)15(10-11-20-17)27-14-8-6-13(7-9-14)22-18(24)21-12-4-2-1-3-5-12/h1-11H,(H2,19,20)(H2,21,22,24). The molecule has 0 spiro atoms. The summed E-state index contributed by atoms with van der Waals surface area (Å²) in [5, 5.41) is 16.5. The van der Waals surface area contributed by atoms with Crippen LogP contribution >= 0.6 is 0 Å². The van der Waals surface area contributed by atoms with Crippen molar-refractivity contribution in [1.29, 1.82) is 0 Å². The summed E-state index contributed by atoms with van der Waals surface area (Å²) >= 11 is 0. The van der Waals surface area contributed by atoms with Crippen molar-refractivity contribution in [1.82, 2.24) is 4.98 Å². The molecule has 1 aromatic heterocycles. The highest BCUT2D eigenvalue weighted by Gasteiger charge is 2.21. The molecule has 9 nitrogen and oxygen atoms in total. The highest BCUT2D eigenvalue weighted by Crippen LogP contribution is 2.34. The van der Waals surface area contributed by atoms with Crippen LogP contribution in [-0.2, 0) is 0 Å². The molecule has 0 saturated carbocycles. The number of carbonyl (C=O) groups is 1. The van der Waals surface area contributed by atoms with Crippen LogP contribution in [-0.4, -0.2) is 15.9 Å². The molecule has 27 heavy (non-hydrogen) atoms. The van der Waals surface area contributed by atoms with Crippen molar-refractivity contribution in [2.24, 2.45) is 0 Å². The van der Waals surface area contributed by atoms with E-state index in [-0.39, 0.29) is 11.6 Å². The fraction of sp³-hybridized carbons (Fsp3) is 0. The highest BCUT2D eigenvalue weighted by molar-refractivity contribution is 5.99. The lowest BCUT2D eigenvalue weighted by atomic mass is 10.3.